The summed E-state index contributed by atoms with van der Waals surface area (Å²) in [5.41, 5.74) is -0.107. The molecule has 4 heterocycles. The summed E-state index contributed by atoms with van der Waals surface area (Å²) in [7, 11) is 0. The lowest BCUT2D eigenvalue weighted by molar-refractivity contribution is -0.153. The van der Waals surface area contributed by atoms with Crippen LogP contribution < -0.4 is 21.5 Å². The molecule has 1 unspecified atom stereocenters. The highest BCUT2D eigenvalue weighted by atomic mass is 19.1. The molecule has 0 radical (unpaired) electrons. The lowest BCUT2D eigenvalue weighted by Gasteiger charge is -2.37. The molecule has 3 aliphatic rings. The molecule has 0 bridgehead atoms. The predicted octanol–water partition coefficient (Wildman–Crippen LogP) is 0.613. The molecule has 2 N–H and O–H groups in total. The van der Waals surface area contributed by atoms with Crippen molar-refractivity contribution in [3.8, 4) is 0 Å². The zero-order valence-electron chi connectivity index (χ0n) is 20.7. The topological polar surface area (TPSA) is 132 Å². The number of nitrogens with one attached hydrogen (secondary N) is 2. The molecule has 5 atom stereocenters. The number of aromatic nitrogens is 2. The van der Waals surface area contributed by atoms with E-state index in [1.165, 1.54) is 39.9 Å². The van der Waals surface area contributed by atoms with Crippen molar-refractivity contribution < 1.29 is 28.2 Å². The van der Waals surface area contributed by atoms with Crippen LogP contribution in [0.2, 0.25) is 0 Å². The van der Waals surface area contributed by atoms with Gasteiger partial charge >= 0.3 is 5.69 Å². The third-order valence-electron chi connectivity index (χ3n) is 7.01. The number of carbonyl (C=O) groups excluding carboxylic acids is 2. The highest BCUT2D eigenvalue weighted by molar-refractivity contribution is 6.00. The second kappa shape index (κ2) is 9.51. The molecule has 11 nitrogen and oxygen atoms in total. The highest BCUT2D eigenvalue weighted by Crippen LogP contribution is 2.39. The third kappa shape index (κ3) is 4.96. The van der Waals surface area contributed by atoms with Gasteiger partial charge in [-0.2, -0.15) is 0 Å². The molecule has 2 amide bonds. The first-order valence-corrected chi connectivity index (χ1v) is 12.2. The van der Waals surface area contributed by atoms with Crippen molar-refractivity contribution in [3.63, 3.8) is 0 Å². The zero-order chi connectivity index (χ0) is 26.5. The van der Waals surface area contributed by atoms with Crippen LogP contribution in [-0.2, 0) is 23.8 Å². The van der Waals surface area contributed by atoms with Crippen LogP contribution in [0.4, 0.5) is 10.1 Å². The Hall–Kier alpha value is -3.35. The molecule has 0 spiro atoms. The van der Waals surface area contributed by atoms with Crippen LogP contribution in [-0.4, -0.2) is 65.2 Å². The molecule has 37 heavy (non-hydrogen) atoms. The van der Waals surface area contributed by atoms with E-state index in [4.69, 9.17) is 14.2 Å². The van der Waals surface area contributed by atoms with E-state index >= 15 is 0 Å². The first kappa shape index (κ1) is 25.3. The largest absolute Gasteiger partial charge is 0.371 e. The number of fused-ring (bicyclic) bond motifs is 1. The third-order valence-corrected chi connectivity index (χ3v) is 7.01. The fourth-order valence-corrected chi connectivity index (χ4v) is 5.16. The van der Waals surface area contributed by atoms with Crippen LogP contribution in [0.5, 0.6) is 0 Å². The van der Waals surface area contributed by atoms with E-state index in [1.54, 1.807) is 20.8 Å². The zero-order valence-corrected chi connectivity index (χ0v) is 20.7. The SMILES string of the molecule is Cc1cn([C@@H]2CO[C@H](CNC(=O)C3CC(=O)N(c4ccc(F)cc4)C3)[C@H]3OC(C)(C)O[C@H]32)c(=O)[nH]c1=O. The van der Waals surface area contributed by atoms with Gasteiger partial charge < -0.3 is 24.4 Å². The monoisotopic (exact) mass is 516 g/mol. The number of carbonyl (C=O) groups is 2. The van der Waals surface area contributed by atoms with Crippen molar-refractivity contribution in [2.75, 3.05) is 24.6 Å². The van der Waals surface area contributed by atoms with Gasteiger partial charge in [-0.05, 0) is 45.0 Å². The Morgan fingerprint density at radius 1 is 1.16 bits per heavy atom. The van der Waals surface area contributed by atoms with Gasteiger partial charge in [0.05, 0.1) is 18.6 Å². The van der Waals surface area contributed by atoms with Crippen molar-refractivity contribution in [2.45, 2.75) is 57.3 Å². The number of hydrogen-bond donors (Lipinski definition) is 2. The quantitative estimate of drug-likeness (QED) is 0.595. The second-order valence-electron chi connectivity index (χ2n) is 10.1. The molecule has 3 aliphatic heterocycles. The Bertz CT molecular complexity index is 1320. The number of halogens is 1. The Balaban J connectivity index is 1.26. The molecule has 1 aromatic heterocycles. The second-order valence-corrected chi connectivity index (χ2v) is 10.1. The van der Waals surface area contributed by atoms with E-state index in [-0.39, 0.29) is 37.9 Å². The molecular weight excluding hydrogens is 487 g/mol. The summed E-state index contributed by atoms with van der Waals surface area (Å²) in [4.78, 5) is 53.5. The Kier molecular flexibility index (Phi) is 6.50. The van der Waals surface area contributed by atoms with Gasteiger partial charge in [0.15, 0.2) is 5.79 Å². The first-order valence-electron chi connectivity index (χ1n) is 12.2. The molecule has 3 fully saturated rings. The van der Waals surface area contributed by atoms with Gasteiger partial charge in [-0.1, -0.05) is 0 Å². The standard InChI is InChI=1S/C25H29FN4O7/c1-13-10-30(24(34)28-22(13)32)17-12-35-18(21-20(17)36-25(2,3)37-21)9-27-23(33)14-8-19(31)29(11-14)16-6-4-15(26)5-7-16/h4-7,10,14,17-18,20-21H,8-9,11-12H2,1-3H3,(H,27,33)(H,28,32,34)/t14?,17-,18-,20+,21-/m1/s1. The van der Waals surface area contributed by atoms with Crippen molar-refractivity contribution in [2.24, 2.45) is 5.92 Å². The van der Waals surface area contributed by atoms with Gasteiger partial charge in [0.2, 0.25) is 11.8 Å². The molecule has 0 saturated carbocycles. The van der Waals surface area contributed by atoms with E-state index in [2.05, 4.69) is 10.3 Å². The smallest absolute Gasteiger partial charge is 0.328 e. The van der Waals surface area contributed by atoms with Gasteiger partial charge in [-0.25, -0.2) is 9.18 Å². The molecule has 1 aromatic carbocycles. The minimum absolute atomic E-state index is 0.0456. The number of rotatable bonds is 5. The van der Waals surface area contributed by atoms with Gasteiger partial charge in [-0.3, -0.25) is 23.9 Å². The lowest BCUT2D eigenvalue weighted by atomic mass is 9.97. The maximum atomic E-state index is 13.2. The van der Waals surface area contributed by atoms with Gasteiger partial charge in [0.25, 0.3) is 5.56 Å². The number of benzene rings is 1. The van der Waals surface area contributed by atoms with E-state index < -0.39 is 53.1 Å². The molecule has 3 saturated heterocycles. The van der Waals surface area contributed by atoms with E-state index in [0.29, 0.717) is 11.3 Å². The highest BCUT2D eigenvalue weighted by Gasteiger charge is 2.52. The van der Waals surface area contributed by atoms with Crippen LogP contribution in [0.3, 0.4) is 0 Å². The van der Waals surface area contributed by atoms with Gasteiger partial charge in [0, 0.05) is 37.0 Å². The lowest BCUT2D eigenvalue weighted by Crippen LogP contribution is -2.55. The number of amides is 2. The summed E-state index contributed by atoms with van der Waals surface area (Å²) in [5, 5.41) is 2.86. The fraction of sp³-hybridized carbons (Fsp3) is 0.520. The van der Waals surface area contributed by atoms with Gasteiger partial charge in [0.1, 0.15) is 24.1 Å². The molecule has 5 rings (SSSR count). The summed E-state index contributed by atoms with van der Waals surface area (Å²) in [5.74, 6) is -2.42. The summed E-state index contributed by atoms with van der Waals surface area (Å²) in [6.45, 7) is 5.53. The molecular formula is C25H29FN4O7. The van der Waals surface area contributed by atoms with E-state index in [9.17, 15) is 23.6 Å². The number of aryl methyl sites for hydroxylation is 1. The number of ether oxygens (including phenoxy) is 3. The van der Waals surface area contributed by atoms with Crippen LogP contribution in [0.25, 0.3) is 0 Å². The van der Waals surface area contributed by atoms with Gasteiger partial charge in [-0.15, -0.1) is 0 Å². The number of nitrogens with zero attached hydrogens (tertiary/aromatic N) is 2. The van der Waals surface area contributed by atoms with E-state index in [1.807, 2.05) is 0 Å². The van der Waals surface area contributed by atoms with Crippen LogP contribution in [0.15, 0.2) is 40.1 Å². The van der Waals surface area contributed by atoms with Crippen molar-refractivity contribution in [3.05, 3.63) is 62.7 Å². The number of aromatic amines is 1. The minimum Gasteiger partial charge on any atom is -0.371 e. The average molecular weight is 517 g/mol. The number of anilines is 1. The maximum absolute atomic E-state index is 13.2. The molecule has 2 aromatic rings. The van der Waals surface area contributed by atoms with Crippen molar-refractivity contribution in [1.82, 2.24) is 14.9 Å². The summed E-state index contributed by atoms with van der Waals surface area (Å²) < 4.78 is 32.9. The molecule has 198 valence electrons. The fourth-order valence-electron chi connectivity index (χ4n) is 5.16. The number of hydrogen-bond acceptors (Lipinski definition) is 7. The molecule has 12 heteroatoms. The number of H-pyrrole nitrogens is 1. The van der Waals surface area contributed by atoms with Crippen LogP contribution >= 0.6 is 0 Å². The molecule has 0 aliphatic carbocycles. The summed E-state index contributed by atoms with van der Waals surface area (Å²) in [6.07, 6.45) is -0.182. The first-order chi connectivity index (χ1) is 17.5. The average Bonchev–Trinajstić information content (AvgIpc) is 3.39. The van der Waals surface area contributed by atoms with Crippen molar-refractivity contribution in [1.29, 1.82) is 0 Å². The maximum Gasteiger partial charge on any atom is 0.328 e. The van der Waals surface area contributed by atoms with Crippen molar-refractivity contribution >= 4 is 17.5 Å². The summed E-state index contributed by atoms with van der Waals surface area (Å²) in [6, 6.07) is 5.02. The van der Waals surface area contributed by atoms with E-state index in [0.717, 1.165) is 0 Å². The Morgan fingerprint density at radius 3 is 2.59 bits per heavy atom. The van der Waals surface area contributed by atoms with Crippen LogP contribution in [0.1, 0.15) is 31.9 Å². The predicted molar refractivity (Wildman–Crippen MR) is 129 cm³/mol. The minimum atomic E-state index is -0.947. The van der Waals surface area contributed by atoms with Crippen LogP contribution in [0, 0.1) is 18.7 Å². The summed E-state index contributed by atoms with van der Waals surface area (Å²) >= 11 is 0. The Labute approximate surface area is 211 Å². The normalized spacial score (nSPS) is 28.8. The Morgan fingerprint density at radius 2 is 1.86 bits per heavy atom.